The van der Waals surface area contributed by atoms with Gasteiger partial charge in [-0.1, -0.05) is 26.8 Å². The van der Waals surface area contributed by atoms with Gasteiger partial charge in [-0.05, 0) is 36.9 Å². The van der Waals surface area contributed by atoms with Gasteiger partial charge in [-0.25, -0.2) is 8.78 Å². The maximum Gasteiger partial charge on any atom is 0.272 e. The van der Waals surface area contributed by atoms with Crippen molar-refractivity contribution in [3.8, 4) is 0 Å². The first-order chi connectivity index (χ1) is 12.8. The minimum Gasteiger partial charge on any atom is -0.343 e. The van der Waals surface area contributed by atoms with Gasteiger partial charge in [0.05, 0.1) is 12.1 Å². The van der Waals surface area contributed by atoms with Gasteiger partial charge in [-0.2, -0.15) is 5.10 Å². The van der Waals surface area contributed by atoms with Crippen LogP contribution in [0.15, 0.2) is 30.5 Å². The van der Waals surface area contributed by atoms with Gasteiger partial charge in [0.15, 0.2) is 0 Å². The van der Waals surface area contributed by atoms with Crippen LogP contribution in [0.25, 0.3) is 0 Å². The lowest BCUT2D eigenvalue weighted by Crippen LogP contribution is -2.37. The smallest absolute Gasteiger partial charge is 0.272 e. The monoisotopic (exact) mass is 376 g/mol. The molecule has 2 N–H and O–H groups in total. The molecule has 2 atom stereocenters. The zero-order chi connectivity index (χ0) is 19.6. The number of hydrogen-bond acceptors (Lipinski definition) is 3. The number of halogens is 2. The first-order valence-electron chi connectivity index (χ1n) is 9.27. The Balaban J connectivity index is 1.80. The molecular weight excluding hydrogens is 350 g/mol. The Morgan fingerprint density at radius 3 is 2.74 bits per heavy atom. The molecule has 1 aliphatic rings. The van der Waals surface area contributed by atoms with Crippen LogP contribution in [-0.4, -0.2) is 28.8 Å². The fourth-order valence-electron chi connectivity index (χ4n) is 3.42. The Morgan fingerprint density at radius 2 is 2.11 bits per heavy atom. The molecular formula is C20H26F2N4O. The highest BCUT2D eigenvalue weighted by atomic mass is 19.1. The zero-order valence-corrected chi connectivity index (χ0v) is 15.9. The van der Waals surface area contributed by atoms with Gasteiger partial charge in [0.25, 0.3) is 5.91 Å². The minimum atomic E-state index is -0.672. The normalized spacial score (nSPS) is 18.9. The first-order valence-corrected chi connectivity index (χ1v) is 9.27. The lowest BCUT2D eigenvalue weighted by atomic mass is 9.82. The van der Waals surface area contributed by atoms with Gasteiger partial charge in [-0.3, -0.25) is 9.48 Å². The third kappa shape index (κ3) is 4.53. The molecule has 1 aliphatic heterocycles. The van der Waals surface area contributed by atoms with Crippen LogP contribution in [0, 0.1) is 17.0 Å². The van der Waals surface area contributed by atoms with Crippen LogP contribution < -0.4 is 10.6 Å². The van der Waals surface area contributed by atoms with E-state index in [9.17, 15) is 13.6 Å². The Labute approximate surface area is 158 Å². The van der Waals surface area contributed by atoms with Crippen molar-refractivity contribution in [2.24, 2.45) is 5.41 Å². The second-order valence-electron chi connectivity index (χ2n) is 8.12. The Bertz CT molecular complexity index is 807. The average Bonchev–Trinajstić information content (AvgIpc) is 3.10. The van der Waals surface area contributed by atoms with Crippen molar-refractivity contribution in [3.63, 3.8) is 0 Å². The summed E-state index contributed by atoms with van der Waals surface area (Å²) in [4.78, 5) is 12.8. The number of rotatable bonds is 4. The largest absolute Gasteiger partial charge is 0.343 e. The second kappa shape index (κ2) is 7.76. The third-order valence-corrected chi connectivity index (χ3v) is 4.90. The predicted molar refractivity (Wildman–Crippen MR) is 99.4 cm³/mol. The molecule has 146 valence electrons. The quantitative estimate of drug-likeness (QED) is 0.857. The molecule has 0 bridgehead atoms. The van der Waals surface area contributed by atoms with Crippen LogP contribution in [0.3, 0.4) is 0 Å². The molecule has 2 heterocycles. The van der Waals surface area contributed by atoms with Crippen LogP contribution in [0.4, 0.5) is 8.78 Å². The highest BCUT2D eigenvalue weighted by Crippen LogP contribution is 2.34. The van der Waals surface area contributed by atoms with Crippen LogP contribution in [0.2, 0.25) is 0 Å². The summed E-state index contributed by atoms with van der Waals surface area (Å²) in [5.41, 5.74) is 0.0787. The van der Waals surface area contributed by atoms with Crippen molar-refractivity contribution in [2.75, 3.05) is 13.1 Å². The summed E-state index contributed by atoms with van der Waals surface area (Å²) in [6.45, 7) is 7.52. The molecule has 2 unspecified atom stereocenters. The molecule has 1 aromatic heterocycles. The number of aromatic nitrogens is 2. The summed E-state index contributed by atoms with van der Waals surface area (Å²) >= 11 is 0. The molecule has 5 nitrogen and oxygen atoms in total. The van der Waals surface area contributed by atoms with Crippen molar-refractivity contribution >= 4 is 5.91 Å². The molecule has 3 rings (SSSR count). The summed E-state index contributed by atoms with van der Waals surface area (Å²) in [5.74, 6) is -1.69. The van der Waals surface area contributed by atoms with E-state index in [1.54, 1.807) is 12.3 Å². The van der Waals surface area contributed by atoms with Crippen molar-refractivity contribution < 1.29 is 13.6 Å². The van der Waals surface area contributed by atoms with Crippen molar-refractivity contribution in [1.82, 2.24) is 20.4 Å². The van der Waals surface area contributed by atoms with Gasteiger partial charge < -0.3 is 10.6 Å². The molecule has 7 heteroatoms. The van der Waals surface area contributed by atoms with Gasteiger partial charge >= 0.3 is 0 Å². The fourth-order valence-corrected chi connectivity index (χ4v) is 3.42. The first kappa shape index (κ1) is 19.5. The van der Waals surface area contributed by atoms with E-state index in [2.05, 4.69) is 15.7 Å². The molecule has 1 aromatic carbocycles. The number of nitrogens with zero attached hydrogens (tertiary/aromatic N) is 2. The number of benzene rings is 1. The van der Waals surface area contributed by atoms with E-state index in [0.717, 1.165) is 32.0 Å². The average molecular weight is 376 g/mol. The zero-order valence-electron chi connectivity index (χ0n) is 15.9. The molecule has 0 radical (unpaired) electrons. The van der Waals surface area contributed by atoms with Crippen LogP contribution in [0.5, 0.6) is 0 Å². The standard InChI is InChI=1S/C20H26F2N4O/c1-20(2,3)18(15-7-6-13(21)11-16(15)22)24-19(27)17-8-10-26(25-17)14-5-4-9-23-12-14/h6-8,10-11,14,18,23H,4-5,9,12H2,1-3H3,(H,24,27). The van der Waals surface area contributed by atoms with E-state index in [1.807, 2.05) is 25.5 Å². The summed E-state index contributed by atoms with van der Waals surface area (Å²) in [7, 11) is 0. The molecule has 1 saturated heterocycles. The number of piperidine rings is 1. The molecule has 2 aromatic rings. The SMILES string of the molecule is CC(C)(C)C(NC(=O)c1ccn(C2CCCNC2)n1)c1ccc(F)cc1F. The summed E-state index contributed by atoms with van der Waals surface area (Å²) in [6.07, 6.45) is 3.89. The number of amides is 1. The maximum atomic E-state index is 14.3. The topological polar surface area (TPSA) is 59.0 Å². The van der Waals surface area contributed by atoms with Crippen molar-refractivity contribution in [3.05, 3.63) is 53.4 Å². The molecule has 0 aliphatic carbocycles. The van der Waals surface area contributed by atoms with Crippen LogP contribution in [0.1, 0.15) is 61.7 Å². The third-order valence-electron chi connectivity index (χ3n) is 4.90. The van der Waals surface area contributed by atoms with Crippen molar-refractivity contribution in [1.29, 1.82) is 0 Å². The Kier molecular flexibility index (Phi) is 5.60. The van der Waals surface area contributed by atoms with E-state index in [1.165, 1.54) is 12.1 Å². The van der Waals surface area contributed by atoms with E-state index in [-0.39, 0.29) is 23.2 Å². The van der Waals surface area contributed by atoms with Crippen molar-refractivity contribution in [2.45, 2.75) is 45.7 Å². The number of carbonyl (C=O) groups is 1. The summed E-state index contributed by atoms with van der Waals surface area (Å²) in [6, 6.07) is 4.71. The van der Waals surface area contributed by atoms with Crippen LogP contribution in [-0.2, 0) is 0 Å². The van der Waals surface area contributed by atoms with Gasteiger partial charge in [0.2, 0.25) is 0 Å². The fraction of sp³-hybridized carbons (Fsp3) is 0.500. The minimum absolute atomic E-state index is 0.230. The molecule has 0 spiro atoms. The molecule has 0 saturated carbocycles. The van der Waals surface area contributed by atoms with E-state index in [0.29, 0.717) is 0 Å². The van der Waals surface area contributed by atoms with E-state index >= 15 is 0 Å². The Hall–Kier alpha value is -2.28. The van der Waals surface area contributed by atoms with Crippen LogP contribution >= 0.6 is 0 Å². The summed E-state index contributed by atoms with van der Waals surface area (Å²) in [5, 5.41) is 10.6. The maximum absolute atomic E-state index is 14.3. The molecule has 1 amide bonds. The molecule has 27 heavy (non-hydrogen) atoms. The predicted octanol–water partition coefficient (Wildman–Crippen LogP) is 3.60. The number of carbonyl (C=O) groups excluding carboxylic acids is 1. The van der Waals surface area contributed by atoms with E-state index in [4.69, 9.17) is 0 Å². The lowest BCUT2D eigenvalue weighted by Gasteiger charge is -2.32. The highest BCUT2D eigenvalue weighted by Gasteiger charge is 2.31. The van der Waals surface area contributed by atoms with Gasteiger partial charge in [0.1, 0.15) is 17.3 Å². The number of nitrogens with one attached hydrogen (secondary N) is 2. The lowest BCUT2D eigenvalue weighted by molar-refractivity contribution is 0.0893. The second-order valence-corrected chi connectivity index (χ2v) is 8.12. The Morgan fingerprint density at radius 1 is 1.33 bits per heavy atom. The number of hydrogen-bond donors (Lipinski definition) is 2. The van der Waals surface area contributed by atoms with E-state index < -0.39 is 23.1 Å². The van der Waals surface area contributed by atoms with Gasteiger partial charge in [0, 0.05) is 24.4 Å². The summed E-state index contributed by atoms with van der Waals surface area (Å²) < 4.78 is 29.4. The highest BCUT2D eigenvalue weighted by molar-refractivity contribution is 5.92. The van der Waals surface area contributed by atoms with Gasteiger partial charge in [-0.15, -0.1) is 0 Å². The molecule has 1 fully saturated rings.